The summed E-state index contributed by atoms with van der Waals surface area (Å²) in [6.45, 7) is 9.11. The van der Waals surface area contributed by atoms with E-state index in [1.165, 1.54) is 128 Å². The Morgan fingerprint density at radius 1 is 0.675 bits per heavy atom. The van der Waals surface area contributed by atoms with E-state index >= 15 is 0 Å². The number of rotatable bonds is 25. The fourth-order valence-electron chi connectivity index (χ4n) is 6.45. The smallest absolute Gasteiger partial charge is 0.262 e. The third-order valence-electron chi connectivity index (χ3n) is 8.91. The summed E-state index contributed by atoms with van der Waals surface area (Å²) in [5, 5.41) is 0.809. The number of aromatic amines is 1. The first-order valence-electron chi connectivity index (χ1n) is 17.5. The van der Waals surface area contributed by atoms with Gasteiger partial charge in [-0.15, -0.1) is 0 Å². The minimum Gasteiger partial charge on any atom is -0.369 e. The van der Waals surface area contributed by atoms with Crippen LogP contribution < -0.4 is 11.3 Å². The Bertz CT molecular complexity index is 950. The maximum atomic E-state index is 13.4. The van der Waals surface area contributed by atoms with Gasteiger partial charge in [0.15, 0.2) is 0 Å². The van der Waals surface area contributed by atoms with E-state index < -0.39 is 0 Å². The summed E-state index contributed by atoms with van der Waals surface area (Å²) in [6, 6.07) is 0.388. The highest BCUT2D eigenvalue weighted by atomic mass is 16.1. The van der Waals surface area contributed by atoms with E-state index in [4.69, 9.17) is 10.7 Å². The van der Waals surface area contributed by atoms with Crippen molar-refractivity contribution in [2.75, 3.05) is 5.73 Å². The van der Waals surface area contributed by atoms with Crippen molar-refractivity contribution in [2.45, 2.75) is 187 Å². The Morgan fingerprint density at radius 3 is 1.60 bits per heavy atom. The molecule has 2 aromatic rings. The minimum atomic E-state index is -0.0513. The third kappa shape index (κ3) is 12.0. The molecule has 5 heteroatoms. The van der Waals surface area contributed by atoms with Crippen molar-refractivity contribution < 1.29 is 0 Å². The summed E-state index contributed by atoms with van der Waals surface area (Å²) in [7, 11) is 0. The zero-order valence-corrected chi connectivity index (χ0v) is 26.9. The number of nitrogens with zero attached hydrogens (tertiary/aromatic N) is 2. The molecule has 5 nitrogen and oxygen atoms in total. The van der Waals surface area contributed by atoms with Crippen molar-refractivity contribution in [1.29, 1.82) is 0 Å². The summed E-state index contributed by atoms with van der Waals surface area (Å²) in [5.41, 5.74) is 8.16. The van der Waals surface area contributed by atoms with Crippen molar-refractivity contribution >= 4 is 17.0 Å². The Labute approximate surface area is 246 Å². The first kappa shape index (κ1) is 34.4. The van der Waals surface area contributed by atoms with Gasteiger partial charge in [-0.3, -0.25) is 9.78 Å². The van der Waals surface area contributed by atoms with Gasteiger partial charge in [-0.25, -0.2) is 0 Å². The molecular formula is C35H64N4O. The van der Waals surface area contributed by atoms with Gasteiger partial charge < -0.3 is 10.3 Å². The van der Waals surface area contributed by atoms with Crippen LogP contribution in [0.3, 0.4) is 0 Å². The molecule has 1 unspecified atom stereocenters. The van der Waals surface area contributed by atoms with Crippen LogP contribution in [-0.2, 0) is 0 Å². The Balaban J connectivity index is 2.38. The van der Waals surface area contributed by atoms with Crippen molar-refractivity contribution in [2.24, 2.45) is 0 Å². The third-order valence-corrected chi connectivity index (χ3v) is 8.91. The topological polar surface area (TPSA) is 76.7 Å². The summed E-state index contributed by atoms with van der Waals surface area (Å²) in [4.78, 5) is 21.1. The van der Waals surface area contributed by atoms with Gasteiger partial charge in [0, 0.05) is 12.2 Å². The normalized spacial score (nSPS) is 12.6. The molecule has 0 fully saturated rings. The Kier molecular flexibility index (Phi) is 18.1. The number of fused-ring (bicyclic) bond motifs is 1. The number of aromatic nitrogens is 3. The second kappa shape index (κ2) is 21.0. The van der Waals surface area contributed by atoms with Crippen molar-refractivity contribution in [3.8, 4) is 0 Å². The van der Waals surface area contributed by atoms with E-state index in [2.05, 4.69) is 43.4 Å². The van der Waals surface area contributed by atoms with Gasteiger partial charge >= 0.3 is 0 Å². The molecular weight excluding hydrogens is 492 g/mol. The quantitative estimate of drug-likeness (QED) is 0.119. The monoisotopic (exact) mass is 557 g/mol. The van der Waals surface area contributed by atoms with Crippen molar-refractivity contribution in [3.63, 3.8) is 0 Å². The van der Waals surface area contributed by atoms with Crippen LogP contribution in [0, 0.1) is 0 Å². The molecule has 2 heterocycles. The Hall–Kier alpha value is -1.78. The molecule has 230 valence electrons. The molecule has 0 aliphatic rings. The van der Waals surface area contributed by atoms with E-state index in [-0.39, 0.29) is 11.5 Å². The largest absolute Gasteiger partial charge is 0.369 e. The number of unbranched alkanes of at least 4 members (excludes halogenated alkanes) is 15. The lowest BCUT2D eigenvalue weighted by Crippen LogP contribution is -2.15. The fraction of sp³-hybridized carbons (Fsp3) is 0.829. The molecule has 40 heavy (non-hydrogen) atoms. The summed E-state index contributed by atoms with van der Waals surface area (Å²) in [6.07, 6.45) is 31.4. The van der Waals surface area contributed by atoms with E-state index in [1.54, 1.807) is 0 Å². The van der Waals surface area contributed by atoms with E-state index in [0.29, 0.717) is 12.0 Å². The molecule has 0 bridgehead atoms. The number of nitrogens with one attached hydrogen (secondary N) is 1. The van der Waals surface area contributed by atoms with E-state index in [9.17, 15) is 4.79 Å². The fourth-order valence-corrected chi connectivity index (χ4v) is 6.45. The highest BCUT2D eigenvalue weighted by Gasteiger charge is 2.24. The maximum Gasteiger partial charge on any atom is 0.262 e. The molecule has 0 amide bonds. The van der Waals surface area contributed by atoms with Gasteiger partial charge in [-0.2, -0.15) is 4.98 Å². The van der Waals surface area contributed by atoms with Crippen LogP contribution in [0.15, 0.2) is 11.0 Å². The van der Waals surface area contributed by atoms with E-state index in [1.807, 2.05) is 0 Å². The molecule has 3 N–H and O–H groups in total. The van der Waals surface area contributed by atoms with Crippen LogP contribution in [0.2, 0.25) is 0 Å². The molecule has 0 spiro atoms. The number of H-pyrrole nitrogens is 1. The first-order chi connectivity index (χ1) is 19.6. The number of nitrogen functional groups attached to an aromatic ring is 1. The summed E-state index contributed by atoms with van der Waals surface area (Å²) < 4.78 is 2.40. The maximum absolute atomic E-state index is 13.4. The highest BCUT2D eigenvalue weighted by molar-refractivity contribution is 5.81. The molecule has 1 atom stereocenters. The number of nitrogens with two attached hydrogens (primary N) is 1. The van der Waals surface area contributed by atoms with Crippen LogP contribution in [0.4, 0.5) is 5.95 Å². The first-order valence-corrected chi connectivity index (χ1v) is 17.5. The molecule has 0 saturated carbocycles. The lowest BCUT2D eigenvalue weighted by Gasteiger charge is -2.20. The second-order valence-corrected chi connectivity index (χ2v) is 12.5. The second-order valence-electron chi connectivity index (χ2n) is 12.5. The summed E-state index contributed by atoms with van der Waals surface area (Å²) >= 11 is 0. The molecule has 0 aliphatic heterocycles. The average molecular weight is 557 g/mol. The van der Waals surface area contributed by atoms with Crippen molar-refractivity contribution in [1.82, 2.24) is 14.5 Å². The number of hydrogen-bond donors (Lipinski definition) is 2. The molecule has 2 aromatic heterocycles. The van der Waals surface area contributed by atoms with Crippen LogP contribution >= 0.6 is 0 Å². The zero-order chi connectivity index (χ0) is 29.0. The van der Waals surface area contributed by atoms with Gasteiger partial charge in [0.25, 0.3) is 5.56 Å². The molecule has 2 rings (SSSR count). The lowest BCUT2D eigenvalue weighted by atomic mass is 9.88. The zero-order valence-electron chi connectivity index (χ0n) is 26.9. The molecule has 0 saturated heterocycles. The predicted octanol–water partition coefficient (Wildman–Crippen LogP) is 11.0. The molecule has 0 aromatic carbocycles. The SMILES string of the molecule is CCCCCCCCC(CCCCCCC)n1cc(C(CCCCCC)CCCCCC)c2c(=O)[nH]c(N)nc21. The molecule has 0 radical (unpaired) electrons. The predicted molar refractivity (Wildman–Crippen MR) is 175 cm³/mol. The van der Waals surface area contributed by atoms with Gasteiger partial charge in [-0.05, 0) is 37.2 Å². The average Bonchev–Trinajstić information content (AvgIpc) is 3.32. The van der Waals surface area contributed by atoms with Gasteiger partial charge in [0.05, 0.1) is 5.39 Å². The standard InChI is InChI=1S/C35H64N4O/c1-5-9-13-17-19-23-27-30(26-22-18-14-10-6-2)39-28-31(32-33(39)37-35(36)38-34(32)40)29(24-20-15-11-7-3)25-21-16-12-8-4/h28-30H,5-27H2,1-4H3,(H3,36,37,38,40). The van der Waals surface area contributed by atoms with Crippen molar-refractivity contribution in [3.05, 3.63) is 22.1 Å². The Morgan fingerprint density at radius 2 is 1.10 bits per heavy atom. The van der Waals surface area contributed by atoms with Crippen LogP contribution in [-0.4, -0.2) is 14.5 Å². The van der Waals surface area contributed by atoms with Crippen LogP contribution in [0.25, 0.3) is 11.0 Å². The minimum absolute atomic E-state index is 0.0513. The van der Waals surface area contributed by atoms with E-state index in [0.717, 1.165) is 36.7 Å². The number of hydrogen-bond acceptors (Lipinski definition) is 3. The van der Waals surface area contributed by atoms with Crippen LogP contribution in [0.5, 0.6) is 0 Å². The molecule has 0 aliphatic carbocycles. The highest BCUT2D eigenvalue weighted by Crippen LogP contribution is 2.36. The van der Waals surface area contributed by atoms with Gasteiger partial charge in [0.1, 0.15) is 5.65 Å². The number of anilines is 1. The summed E-state index contributed by atoms with van der Waals surface area (Å²) in [5.74, 6) is 0.662. The lowest BCUT2D eigenvalue weighted by molar-refractivity contribution is 0.400. The van der Waals surface area contributed by atoms with Crippen LogP contribution in [0.1, 0.15) is 193 Å². The van der Waals surface area contributed by atoms with Gasteiger partial charge in [-0.1, -0.05) is 150 Å². The van der Waals surface area contributed by atoms with Gasteiger partial charge in [0.2, 0.25) is 5.95 Å².